The van der Waals surface area contributed by atoms with Gasteiger partial charge in [-0.1, -0.05) is 30.4 Å². The Kier molecular flexibility index (Phi) is 5.64. The Morgan fingerprint density at radius 3 is 2.52 bits per heavy atom. The number of halogens is 2. The van der Waals surface area contributed by atoms with Crippen LogP contribution in [0.4, 0.5) is 8.78 Å². The van der Waals surface area contributed by atoms with Crippen LogP contribution in [0.3, 0.4) is 0 Å². The highest BCUT2D eigenvalue weighted by atomic mass is 19.3. The van der Waals surface area contributed by atoms with Crippen molar-refractivity contribution in [3.05, 3.63) is 58.8 Å². The van der Waals surface area contributed by atoms with Crippen molar-refractivity contribution in [3.63, 3.8) is 0 Å². The molecular formula is C19H19F2NO3. The number of pyridine rings is 1. The quantitative estimate of drug-likeness (QED) is 0.858. The van der Waals surface area contributed by atoms with Gasteiger partial charge in [-0.25, -0.2) is 4.98 Å². The Morgan fingerprint density at radius 1 is 1.28 bits per heavy atom. The summed E-state index contributed by atoms with van der Waals surface area (Å²) in [5.74, 6) is -4.52. The van der Waals surface area contributed by atoms with Crippen molar-refractivity contribution in [1.82, 2.24) is 4.98 Å². The summed E-state index contributed by atoms with van der Waals surface area (Å²) in [6.45, 7) is 2.22. The van der Waals surface area contributed by atoms with Crippen LogP contribution in [0.25, 0.3) is 12.2 Å². The van der Waals surface area contributed by atoms with Crippen molar-refractivity contribution in [2.75, 3.05) is 7.11 Å². The molecule has 1 aromatic carbocycles. The van der Waals surface area contributed by atoms with Gasteiger partial charge in [-0.3, -0.25) is 4.79 Å². The number of aliphatic hydroxyl groups is 1. The Bertz CT molecular complexity index is 784. The average Bonchev–Trinajstić information content (AvgIpc) is 2.59. The lowest BCUT2D eigenvalue weighted by Crippen LogP contribution is -2.26. The number of aliphatic hydroxyl groups excluding tert-OH is 1. The van der Waals surface area contributed by atoms with Crippen LogP contribution in [0.2, 0.25) is 0 Å². The summed E-state index contributed by atoms with van der Waals surface area (Å²) in [5.41, 5.74) is 0.389. The van der Waals surface area contributed by atoms with Gasteiger partial charge < -0.3 is 9.84 Å². The number of hydrogen-bond donors (Lipinski definition) is 1. The summed E-state index contributed by atoms with van der Waals surface area (Å²) in [7, 11) is 1.50. The van der Waals surface area contributed by atoms with Crippen LogP contribution in [0.1, 0.15) is 42.2 Å². The molecule has 0 saturated heterocycles. The number of ketones is 1. The number of Topliss-reactive ketones (excluding diaryl/α,β-unsaturated/α-hetero) is 1. The van der Waals surface area contributed by atoms with Gasteiger partial charge in [-0.05, 0) is 29.7 Å². The van der Waals surface area contributed by atoms with E-state index >= 15 is 0 Å². The summed E-state index contributed by atoms with van der Waals surface area (Å²) in [5, 5.41) is 9.82. The van der Waals surface area contributed by atoms with E-state index in [1.165, 1.54) is 38.4 Å². The molecule has 2 rings (SSSR count). The Labute approximate surface area is 144 Å². The van der Waals surface area contributed by atoms with Crippen molar-refractivity contribution < 1.29 is 23.4 Å². The molecule has 0 spiro atoms. The van der Waals surface area contributed by atoms with Crippen LogP contribution in [0, 0.1) is 0 Å². The SMILES string of the molecule is COc1ccc(/C=C\c2cccc([C@H](C)O)c2C(F)(F)C(C)=O)cn1. The molecule has 132 valence electrons. The molecule has 2 aromatic rings. The van der Waals surface area contributed by atoms with E-state index in [2.05, 4.69) is 4.98 Å². The summed E-state index contributed by atoms with van der Waals surface area (Å²) in [6.07, 6.45) is 3.49. The van der Waals surface area contributed by atoms with E-state index < -0.39 is 23.4 Å². The number of hydrogen-bond acceptors (Lipinski definition) is 4. The summed E-state index contributed by atoms with van der Waals surface area (Å²) >= 11 is 0. The molecule has 4 nitrogen and oxygen atoms in total. The number of aromatic nitrogens is 1. The molecule has 1 heterocycles. The maximum atomic E-state index is 14.5. The zero-order valence-electron chi connectivity index (χ0n) is 14.2. The zero-order chi connectivity index (χ0) is 18.6. The monoisotopic (exact) mass is 347 g/mol. The van der Waals surface area contributed by atoms with Gasteiger partial charge in [0, 0.05) is 24.8 Å². The minimum absolute atomic E-state index is 0.0233. The normalized spacial score (nSPS) is 13.0. The minimum Gasteiger partial charge on any atom is -0.481 e. The molecule has 0 aliphatic rings. The number of rotatable bonds is 6. The predicted molar refractivity (Wildman–Crippen MR) is 91.4 cm³/mol. The van der Waals surface area contributed by atoms with Crippen LogP contribution >= 0.6 is 0 Å². The van der Waals surface area contributed by atoms with Crippen molar-refractivity contribution in [3.8, 4) is 5.88 Å². The molecule has 0 aliphatic carbocycles. The first-order chi connectivity index (χ1) is 11.8. The van der Waals surface area contributed by atoms with Crippen LogP contribution in [0.5, 0.6) is 5.88 Å². The van der Waals surface area contributed by atoms with Crippen LogP contribution in [0.15, 0.2) is 36.5 Å². The third kappa shape index (κ3) is 4.09. The van der Waals surface area contributed by atoms with E-state index in [-0.39, 0.29) is 11.1 Å². The topological polar surface area (TPSA) is 59.4 Å². The summed E-state index contributed by atoms with van der Waals surface area (Å²) < 4.78 is 33.9. The molecule has 0 bridgehead atoms. The minimum atomic E-state index is -3.69. The number of nitrogens with zero attached hydrogens (tertiary/aromatic N) is 1. The predicted octanol–water partition coefficient (Wildman–Crippen LogP) is 3.99. The first-order valence-corrected chi connectivity index (χ1v) is 7.65. The van der Waals surface area contributed by atoms with E-state index in [4.69, 9.17) is 4.74 Å². The number of ether oxygens (including phenoxy) is 1. The molecule has 6 heteroatoms. The van der Waals surface area contributed by atoms with Crippen molar-refractivity contribution in [1.29, 1.82) is 0 Å². The second-order valence-electron chi connectivity index (χ2n) is 5.59. The van der Waals surface area contributed by atoms with Gasteiger partial charge in [0.2, 0.25) is 11.7 Å². The first-order valence-electron chi connectivity index (χ1n) is 7.65. The summed E-state index contributed by atoms with van der Waals surface area (Å²) in [6, 6.07) is 7.81. The second-order valence-corrected chi connectivity index (χ2v) is 5.59. The highest BCUT2D eigenvalue weighted by Crippen LogP contribution is 2.37. The fourth-order valence-electron chi connectivity index (χ4n) is 2.41. The molecular weight excluding hydrogens is 328 g/mol. The van der Waals surface area contributed by atoms with Crippen LogP contribution < -0.4 is 4.74 Å². The lowest BCUT2D eigenvalue weighted by atomic mass is 9.91. The third-order valence-electron chi connectivity index (χ3n) is 3.76. The number of methoxy groups -OCH3 is 1. The maximum Gasteiger partial charge on any atom is 0.331 e. The average molecular weight is 347 g/mol. The van der Waals surface area contributed by atoms with Gasteiger partial charge in [0.1, 0.15) is 0 Å². The van der Waals surface area contributed by atoms with Crippen LogP contribution in [-0.4, -0.2) is 23.0 Å². The molecule has 1 aromatic heterocycles. The smallest absolute Gasteiger partial charge is 0.331 e. The van der Waals surface area contributed by atoms with Crippen molar-refractivity contribution in [2.45, 2.75) is 25.9 Å². The van der Waals surface area contributed by atoms with Gasteiger partial charge in [-0.2, -0.15) is 8.78 Å². The van der Waals surface area contributed by atoms with Gasteiger partial charge in [0.05, 0.1) is 13.2 Å². The molecule has 0 amide bonds. The highest BCUT2D eigenvalue weighted by Gasteiger charge is 2.41. The Hall–Kier alpha value is -2.60. The molecule has 0 radical (unpaired) electrons. The van der Waals surface area contributed by atoms with E-state index in [1.807, 2.05) is 0 Å². The molecule has 0 fully saturated rings. The Morgan fingerprint density at radius 2 is 2.00 bits per heavy atom. The summed E-state index contributed by atoms with van der Waals surface area (Å²) in [4.78, 5) is 15.5. The second kappa shape index (κ2) is 7.53. The standard InChI is InChI=1S/C19H19F2NO3/c1-12(23)16-6-4-5-15(18(16)19(20,21)13(2)24)9-7-14-8-10-17(25-3)22-11-14/h4-12,23H,1-3H3/b9-7-/t12-/m0/s1. The Balaban J connectivity index is 2.51. The molecule has 25 heavy (non-hydrogen) atoms. The lowest BCUT2D eigenvalue weighted by molar-refractivity contribution is -0.142. The van der Waals surface area contributed by atoms with Crippen LogP contribution in [-0.2, 0) is 10.7 Å². The van der Waals surface area contributed by atoms with Gasteiger partial charge in [0.25, 0.3) is 0 Å². The van der Waals surface area contributed by atoms with Crippen molar-refractivity contribution >= 4 is 17.9 Å². The molecule has 0 unspecified atom stereocenters. The van der Waals surface area contributed by atoms with E-state index in [1.54, 1.807) is 24.3 Å². The lowest BCUT2D eigenvalue weighted by Gasteiger charge is -2.21. The number of alkyl halides is 2. The number of carbonyl (C=O) groups excluding carboxylic acids is 1. The van der Waals surface area contributed by atoms with E-state index in [0.29, 0.717) is 11.4 Å². The zero-order valence-corrected chi connectivity index (χ0v) is 14.2. The molecule has 0 saturated carbocycles. The largest absolute Gasteiger partial charge is 0.481 e. The highest BCUT2D eigenvalue weighted by molar-refractivity contribution is 5.87. The fraction of sp³-hybridized carbons (Fsp3) is 0.263. The van der Waals surface area contributed by atoms with Crippen molar-refractivity contribution in [2.24, 2.45) is 0 Å². The maximum absolute atomic E-state index is 14.5. The number of carbonyl (C=O) groups is 1. The third-order valence-corrected chi connectivity index (χ3v) is 3.76. The first kappa shape index (κ1) is 18.7. The molecule has 1 atom stereocenters. The van der Waals surface area contributed by atoms with Gasteiger partial charge in [-0.15, -0.1) is 0 Å². The van der Waals surface area contributed by atoms with E-state index in [9.17, 15) is 18.7 Å². The van der Waals surface area contributed by atoms with Gasteiger partial charge in [0.15, 0.2) is 0 Å². The molecule has 0 aliphatic heterocycles. The fourth-order valence-corrected chi connectivity index (χ4v) is 2.41. The molecule has 1 N–H and O–H groups in total. The van der Waals surface area contributed by atoms with E-state index in [0.717, 1.165) is 6.92 Å². The number of benzene rings is 1. The van der Waals surface area contributed by atoms with Gasteiger partial charge >= 0.3 is 5.92 Å².